The average molecular weight is 511 g/mol. The van der Waals surface area contributed by atoms with Gasteiger partial charge in [-0.2, -0.15) is 0 Å². The van der Waals surface area contributed by atoms with Gasteiger partial charge in [0.15, 0.2) is 5.78 Å². The summed E-state index contributed by atoms with van der Waals surface area (Å²) in [5.74, 6) is -0.550. The van der Waals surface area contributed by atoms with E-state index in [4.69, 9.17) is 10.3 Å². The van der Waals surface area contributed by atoms with Crippen LogP contribution in [0.1, 0.15) is 68.8 Å². The zero-order valence-electron chi connectivity index (χ0n) is 22.2. The second-order valence-corrected chi connectivity index (χ2v) is 10.8. The maximum Gasteiger partial charge on any atom is 0.251 e. The summed E-state index contributed by atoms with van der Waals surface area (Å²) in [6.07, 6.45) is 2.23. The number of benzene rings is 1. The van der Waals surface area contributed by atoms with Crippen LogP contribution in [0.4, 0.5) is 0 Å². The number of ketones is 1. The molecule has 1 aromatic carbocycles. The molecule has 5 atom stereocenters. The van der Waals surface area contributed by atoms with E-state index >= 15 is 0 Å². The van der Waals surface area contributed by atoms with Crippen molar-refractivity contribution in [1.29, 1.82) is 0 Å². The number of piperidine rings is 1. The molecule has 0 saturated carbocycles. The minimum Gasteiger partial charge on any atom is -0.367 e. The van der Waals surface area contributed by atoms with Crippen molar-refractivity contribution in [1.82, 2.24) is 15.1 Å². The fourth-order valence-electron chi connectivity index (χ4n) is 5.77. The molecule has 0 unspecified atom stereocenters. The third-order valence-electron chi connectivity index (χ3n) is 8.31. The Hall–Kier alpha value is -2.94. The monoisotopic (exact) mass is 510 g/mol. The number of hydrogen-bond donors (Lipinski definition) is 1. The maximum atomic E-state index is 13.7. The van der Waals surface area contributed by atoms with Gasteiger partial charge in [-0.05, 0) is 74.8 Å². The molecule has 0 aromatic heterocycles. The summed E-state index contributed by atoms with van der Waals surface area (Å²) >= 11 is 0. The van der Waals surface area contributed by atoms with E-state index in [0.717, 1.165) is 25.9 Å². The molecular formula is C27H38N6O4. The van der Waals surface area contributed by atoms with Crippen molar-refractivity contribution in [2.45, 2.75) is 83.1 Å². The molecule has 3 aliphatic heterocycles. The van der Waals surface area contributed by atoms with Crippen LogP contribution in [0.5, 0.6) is 0 Å². The van der Waals surface area contributed by atoms with Gasteiger partial charge in [-0.1, -0.05) is 37.5 Å². The largest absolute Gasteiger partial charge is 0.367 e. The van der Waals surface area contributed by atoms with Crippen molar-refractivity contribution in [3.8, 4) is 0 Å². The fourth-order valence-corrected chi connectivity index (χ4v) is 5.77. The molecule has 10 heteroatoms. The molecule has 200 valence electrons. The van der Waals surface area contributed by atoms with Crippen LogP contribution in [0, 0.1) is 5.92 Å². The number of fused-ring (bicyclic) bond motifs is 1. The summed E-state index contributed by atoms with van der Waals surface area (Å²) in [7, 11) is 0. The summed E-state index contributed by atoms with van der Waals surface area (Å²) in [6, 6.07) is 6.04. The molecule has 3 saturated heterocycles. The smallest absolute Gasteiger partial charge is 0.251 e. The fraction of sp³-hybridized carbons (Fsp3) is 0.667. The summed E-state index contributed by atoms with van der Waals surface area (Å²) in [5.41, 5.74) is 10.6. The summed E-state index contributed by atoms with van der Waals surface area (Å²) in [6.45, 7) is 10.5. The van der Waals surface area contributed by atoms with Crippen LogP contribution in [0.25, 0.3) is 10.4 Å². The standard InChI is InChI=1S/C27H38N6O4/c1-5-17(4)23(27(36)33-14-21(30-31-28)25-24(33)22(34)15-37-25)29-26(35)20-8-6-18(7-9-20)19-10-12-32(13-11-19)16(2)3/h6-9,16-17,19,21,23-25H,5,10-15H2,1-4H3,(H,29,35)/t17-,21+,23-,24+,25+/m0/s1. The number of nitrogens with zero attached hydrogens (tertiary/aromatic N) is 5. The van der Waals surface area contributed by atoms with Crippen LogP contribution < -0.4 is 5.32 Å². The van der Waals surface area contributed by atoms with E-state index in [1.807, 2.05) is 38.1 Å². The van der Waals surface area contributed by atoms with Crippen molar-refractivity contribution in [2.75, 3.05) is 26.2 Å². The molecule has 0 bridgehead atoms. The van der Waals surface area contributed by atoms with E-state index in [-0.39, 0.29) is 36.7 Å². The molecule has 3 fully saturated rings. The third kappa shape index (κ3) is 5.66. The topological polar surface area (TPSA) is 128 Å². The number of azide groups is 1. The Bertz CT molecular complexity index is 1050. The highest BCUT2D eigenvalue weighted by Crippen LogP contribution is 2.31. The van der Waals surface area contributed by atoms with Crippen LogP contribution >= 0.6 is 0 Å². The number of ether oxygens (including phenoxy) is 1. The van der Waals surface area contributed by atoms with E-state index < -0.39 is 24.2 Å². The number of Topliss-reactive ketones (excluding diaryl/α,β-unsaturated/α-hetero) is 1. The first-order valence-corrected chi connectivity index (χ1v) is 13.4. The second kappa shape index (κ2) is 11.6. The minimum atomic E-state index is -0.809. The van der Waals surface area contributed by atoms with Gasteiger partial charge < -0.3 is 19.9 Å². The van der Waals surface area contributed by atoms with Gasteiger partial charge in [-0.15, -0.1) is 0 Å². The predicted molar refractivity (Wildman–Crippen MR) is 139 cm³/mol. The van der Waals surface area contributed by atoms with Gasteiger partial charge in [-0.3, -0.25) is 14.4 Å². The molecule has 1 N–H and O–H groups in total. The van der Waals surface area contributed by atoms with Gasteiger partial charge in [0.05, 0.1) is 12.1 Å². The predicted octanol–water partition coefficient (Wildman–Crippen LogP) is 3.28. The SMILES string of the molecule is CC[C@H](C)[C@H](NC(=O)c1ccc(C2CCN(C(C)C)CC2)cc1)C(=O)N1C[C@@H](N=[N+]=[N-])[C@H]2OCC(=O)[C@H]21. The molecule has 4 rings (SSSR count). The quantitative estimate of drug-likeness (QED) is 0.326. The molecule has 0 aliphatic carbocycles. The van der Waals surface area contributed by atoms with Gasteiger partial charge in [0.25, 0.3) is 5.91 Å². The van der Waals surface area contributed by atoms with Crippen LogP contribution in [-0.2, 0) is 14.3 Å². The summed E-state index contributed by atoms with van der Waals surface area (Å²) in [4.78, 5) is 46.1. The highest BCUT2D eigenvalue weighted by Gasteiger charge is 2.53. The normalized spacial score (nSPS) is 26.0. The summed E-state index contributed by atoms with van der Waals surface area (Å²) in [5, 5.41) is 6.67. The van der Waals surface area contributed by atoms with E-state index in [1.54, 1.807) is 0 Å². The Labute approximate surface area is 218 Å². The van der Waals surface area contributed by atoms with Crippen molar-refractivity contribution in [3.05, 3.63) is 45.8 Å². The van der Waals surface area contributed by atoms with Crippen molar-refractivity contribution >= 4 is 17.6 Å². The number of carbonyl (C=O) groups excluding carboxylic acids is 3. The van der Waals surface area contributed by atoms with E-state index in [1.165, 1.54) is 10.5 Å². The molecular weight excluding hydrogens is 472 g/mol. The number of likely N-dealkylation sites (tertiary alicyclic amines) is 2. The Morgan fingerprint density at radius 2 is 1.86 bits per heavy atom. The molecule has 3 heterocycles. The molecule has 3 aliphatic rings. The minimum absolute atomic E-state index is 0.0943. The number of nitrogens with one attached hydrogen (secondary N) is 1. The molecule has 10 nitrogen and oxygen atoms in total. The van der Waals surface area contributed by atoms with Gasteiger partial charge >= 0.3 is 0 Å². The molecule has 2 amide bonds. The van der Waals surface area contributed by atoms with Crippen LogP contribution in [0.3, 0.4) is 0 Å². The van der Waals surface area contributed by atoms with Crippen molar-refractivity contribution in [2.24, 2.45) is 11.0 Å². The first kappa shape index (κ1) is 27.1. The van der Waals surface area contributed by atoms with E-state index in [9.17, 15) is 14.4 Å². The van der Waals surface area contributed by atoms with Crippen LogP contribution in [0.2, 0.25) is 0 Å². The molecule has 0 radical (unpaired) electrons. The first-order valence-electron chi connectivity index (χ1n) is 13.4. The van der Waals surface area contributed by atoms with Crippen LogP contribution in [-0.4, -0.2) is 83.9 Å². The molecule has 0 spiro atoms. The van der Waals surface area contributed by atoms with Gasteiger partial charge in [0, 0.05) is 23.1 Å². The number of carbonyl (C=O) groups is 3. The average Bonchev–Trinajstić information content (AvgIpc) is 3.47. The van der Waals surface area contributed by atoms with Gasteiger partial charge in [0.1, 0.15) is 18.7 Å². The maximum absolute atomic E-state index is 13.7. The zero-order valence-corrected chi connectivity index (χ0v) is 22.2. The highest BCUT2D eigenvalue weighted by atomic mass is 16.5. The lowest BCUT2D eigenvalue weighted by molar-refractivity contribution is -0.139. The van der Waals surface area contributed by atoms with Crippen molar-refractivity contribution < 1.29 is 19.1 Å². The van der Waals surface area contributed by atoms with Gasteiger partial charge in [-0.25, -0.2) is 0 Å². The number of hydrogen-bond acceptors (Lipinski definition) is 6. The first-order chi connectivity index (χ1) is 17.7. The third-order valence-corrected chi connectivity index (χ3v) is 8.31. The second-order valence-electron chi connectivity index (χ2n) is 10.8. The lowest BCUT2D eigenvalue weighted by Gasteiger charge is -2.34. The number of rotatable bonds is 8. The molecule has 1 aromatic rings. The lowest BCUT2D eigenvalue weighted by Crippen LogP contribution is -2.54. The van der Waals surface area contributed by atoms with E-state index in [2.05, 4.69) is 34.1 Å². The Morgan fingerprint density at radius 1 is 1.19 bits per heavy atom. The zero-order chi connectivity index (χ0) is 26.7. The number of amides is 2. The van der Waals surface area contributed by atoms with Crippen molar-refractivity contribution in [3.63, 3.8) is 0 Å². The molecule has 37 heavy (non-hydrogen) atoms. The highest BCUT2D eigenvalue weighted by molar-refractivity contribution is 5.99. The van der Waals surface area contributed by atoms with E-state index in [0.29, 0.717) is 23.9 Å². The van der Waals surface area contributed by atoms with Crippen LogP contribution in [0.15, 0.2) is 29.4 Å². The Kier molecular flexibility index (Phi) is 8.52. The summed E-state index contributed by atoms with van der Waals surface area (Å²) < 4.78 is 5.53. The lowest BCUT2D eigenvalue weighted by atomic mass is 9.88. The Morgan fingerprint density at radius 3 is 2.46 bits per heavy atom. The van der Waals surface area contributed by atoms with Gasteiger partial charge in [0.2, 0.25) is 5.91 Å². The Balaban J connectivity index is 1.45.